The van der Waals surface area contributed by atoms with E-state index in [0.29, 0.717) is 0 Å². The molecule has 5 heteroatoms. The van der Waals surface area contributed by atoms with Crippen LogP contribution in [0.15, 0.2) is 12.4 Å². The molecule has 1 aromatic rings. The predicted octanol–water partition coefficient (Wildman–Crippen LogP) is 1.86. The average molecular weight is 251 g/mol. The molecular weight excluding hydrogens is 226 g/mol. The van der Waals surface area contributed by atoms with Gasteiger partial charge in [0.05, 0.1) is 0 Å². The zero-order valence-corrected chi connectivity index (χ0v) is 12.3. The van der Waals surface area contributed by atoms with Gasteiger partial charge in [-0.3, -0.25) is 0 Å². The van der Waals surface area contributed by atoms with Crippen molar-refractivity contribution in [3.63, 3.8) is 0 Å². The zero-order valence-electron chi connectivity index (χ0n) is 12.3. The molecule has 0 radical (unpaired) electrons. The Labute approximate surface area is 110 Å². The fourth-order valence-electron chi connectivity index (χ4n) is 1.70. The van der Waals surface area contributed by atoms with Gasteiger partial charge in [0.1, 0.15) is 18.0 Å². The molecule has 0 aliphatic carbocycles. The lowest BCUT2D eigenvalue weighted by Gasteiger charge is -2.28. The van der Waals surface area contributed by atoms with Crippen molar-refractivity contribution >= 4 is 11.6 Å². The second-order valence-electron chi connectivity index (χ2n) is 6.48. The maximum absolute atomic E-state index is 6.01. The highest BCUT2D eigenvalue weighted by atomic mass is 15.2. The van der Waals surface area contributed by atoms with Gasteiger partial charge < -0.3 is 16.0 Å². The summed E-state index contributed by atoms with van der Waals surface area (Å²) in [5, 5.41) is 3.33. The predicted molar refractivity (Wildman–Crippen MR) is 76.9 cm³/mol. The van der Waals surface area contributed by atoms with Gasteiger partial charge in [-0.05, 0) is 34.6 Å². The second-order valence-corrected chi connectivity index (χ2v) is 6.48. The molecule has 0 fully saturated rings. The summed E-state index contributed by atoms with van der Waals surface area (Å²) >= 11 is 0. The van der Waals surface area contributed by atoms with E-state index >= 15 is 0 Å². The smallest absolute Gasteiger partial charge is 0.133 e. The van der Waals surface area contributed by atoms with Gasteiger partial charge in [0.15, 0.2) is 0 Å². The van der Waals surface area contributed by atoms with Crippen LogP contribution in [0.3, 0.4) is 0 Å². The standard InChI is InChI=1S/C13H25N5/c1-12(2,3)17-10-7-11(16-9-15-10)18(6)8-13(4,5)14/h7,9H,8,14H2,1-6H3,(H,15,16,17). The van der Waals surface area contributed by atoms with Crippen molar-refractivity contribution in [1.82, 2.24) is 9.97 Å². The quantitative estimate of drug-likeness (QED) is 0.855. The van der Waals surface area contributed by atoms with Crippen molar-refractivity contribution in [2.24, 2.45) is 5.73 Å². The summed E-state index contributed by atoms with van der Waals surface area (Å²) in [4.78, 5) is 10.5. The van der Waals surface area contributed by atoms with Crippen molar-refractivity contribution in [2.75, 3.05) is 23.8 Å². The Morgan fingerprint density at radius 3 is 2.33 bits per heavy atom. The maximum atomic E-state index is 6.01. The van der Waals surface area contributed by atoms with Crippen LogP contribution in [0.5, 0.6) is 0 Å². The monoisotopic (exact) mass is 251 g/mol. The van der Waals surface area contributed by atoms with Gasteiger partial charge in [-0.1, -0.05) is 0 Å². The summed E-state index contributed by atoms with van der Waals surface area (Å²) in [7, 11) is 1.98. The van der Waals surface area contributed by atoms with Gasteiger partial charge >= 0.3 is 0 Å². The van der Waals surface area contributed by atoms with Gasteiger partial charge in [-0.2, -0.15) is 0 Å². The Morgan fingerprint density at radius 1 is 1.22 bits per heavy atom. The first-order valence-electron chi connectivity index (χ1n) is 6.17. The van der Waals surface area contributed by atoms with E-state index in [1.54, 1.807) is 6.33 Å². The van der Waals surface area contributed by atoms with Gasteiger partial charge in [-0.25, -0.2) is 9.97 Å². The van der Waals surface area contributed by atoms with Crippen molar-refractivity contribution in [1.29, 1.82) is 0 Å². The first kappa shape index (κ1) is 14.7. The summed E-state index contributed by atoms with van der Waals surface area (Å²) in [5.74, 6) is 1.70. The third kappa shape index (κ3) is 5.31. The van der Waals surface area contributed by atoms with Crippen LogP contribution in [-0.2, 0) is 0 Å². The molecule has 102 valence electrons. The number of anilines is 2. The Hall–Kier alpha value is -1.36. The molecule has 0 saturated carbocycles. The molecule has 1 rings (SSSR count). The van der Waals surface area contributed by atoms with E-state index in [-0.39, 0.29) is 11.1 Å². The Balaban J connectivity index is 2.82. The van der Waals surface area contributed by atoms with Crippen LogP contribution in [-0.4, -0.2) is 34.6 Å². The van der Waals surface area contributed by atoms with Gasteiger partial charge in [-0.15, -0.1) is 0 Å². The van der Waals surface area contributed by atoms with Crippen LogP contribution < -0.4 is 16.0 Å². The van der Waals surface area contributed by atoms with Gasteiger partial charge in [0.2, 0.25) is 0 Å². The second kappa shape index (κ2) is 5.10. The fourth-order valence-corrected chi connectivity index (χ4v) is 1.70. The molecule has 3 N–H and O–H groups in total. The number of hydrogen-bond donors (Lipinski definition) is 2. The van der Waals surface area contributed by atoms with Crippen LogP contribution in [0.1, 0.15) is 34.6 Å². The molecule has 1 heterocycles. The number of likely N-dealkylation sites (N-methyl/N-ethyl adjacent to an activating group) is 1. The number of aromatic nitrogens is 2. The third-order valence-electron chi connectivity index (χ3n) is 2.19. The number of hydrogen-bond acceptors (Lipinski definition) is 5. The molecule has 0 aromatic carbocycles. The van der Waals surface area contributed by atoms with E-state index in [9.17, 15) is 0 Å². The molecule has 0 bridgehead atoms. The minimum atomic E-state index is -0.253. The van der Waals surface area contributed by atoms with E-state index in [4.69, 9.17) is 5.73 Å². The minimum Gasteiger partial charge on any atom is -0.365 e. The Kier molecular flexibility index (Phi) is 4.16. The highest BCUT2D eigenvalue weighted by Crippen LogP contribution is 2.17. The SMILES string of the molecule is CN(CC(C)(C)N)c1cc(NC(C)(C)C)ncn1. The van der Waals surface area contributed by atoms with E-state index in [1.165, 1.54) is 0 Å². The lowest BCUT2D eigenvalue weighted by molar-refractivity contribution is 0.517. The molecule has 18 heavy (non-hydrogen) atoms. The molecule has 0 atom stereocenters. The molecule has 1 aromatic heterocycles. The molecule has 0 amide bonds. The Bertz CT molecular complexity index is 389. The summed E-state index contributed by atoms with van der Waals surface area (Å²) in [6.07, 6.45) is 1.57. The number of nitrogens with two attached hydrogens (primary N) is 1. The van der Waals surface area contributed by atoms with Gasteiger partial charge in [0.25, 0.3) is 0 Å². The molecular formula is C13H25N5. The summed E-state index contributed by atoms with van der Waals surface area (Å²) in [6.45, 7) is 11.0. The fraction of sp³-hybridized carbons (Fsp3) is 0.692. The van der Waals surface area contributed by atoms with Crippen molar-refractivity contribution in [3.05, 3.63) is 12.4 Å². The number of rotatable bonds is 4. The summed E-state index contributed by atoms with van der Waals surface area (Å²) < 4.78 is 0. The molecule has 0 aliphatic rings. The van der Waals surface area contributed by atoms with E-state index in [1.807, 2.05) is 31.9 Å². The topological polar surface area (TPSA) is 67.1 Å². The normalized spacial score (nSPS) is 12.4. The summed E-state index contributed by atoms with van der Waals surface area (Å²) in [5.41, 5.74) is 5.74. The molecule has 0 unspecified atom stereocenters. The largest absolute Gasteiger partial charge is 0.365 e. The van der Waals surface area contributed by atoms with Crippen LogP contribution >= 0.6 is 0 Å². The summed E-state index contributed by atoms with van der Waals surface area (Å²) in [6, 6.07) is 1.94. The van der Waals surface area contributed by atoms with E-state index in [2.05, 4.69) is 36.1 Å². The van der Waals surface area contributed by atoms with Crippen molar-refractivity contribution in [2.45, 2.75) is 45.7 Å². The highest BCUT2D eigenvalue weighted by Gasteiger charge is 2.16. The van der Waals surface area contributed by atoms with Crippen LogP contribution in [0.2, 0.25) is 0 Å². The van der Waals surface area contributed by atoms with Gasteiger partial charge in [0, 0.05) is 30.7 Å². The molecule has 0 spiro atoms. The minimum absolute atomic E-state index is 0.0165. The first-order chi connectivity index (χ1) is 8.07. The average Bonchev–Trinajstić information content (AvgIpc) is 2.12. The lowest BCUT2D eigenvalue weighted by atomic mass is 10.1. The highest BCUT2D eigenvalue weighted by molar-refractivity contribution is 5.49. The number of nitrogens with zero attached hydrogens (tertiary/aromatic N) is 3. The lowest BCUT2D eigenvalue weighted by Crippen LogP contribution is -2.44. The van der Waals surface area contributed by atoms with E-state index < -0.39 is 0 Å². The van der Waals surface area contributed by atoms with Crippen LogP contribution in [0, 0.1) is 0 Å². The van der Waals surface area contributed by atoms with E-state index in [0.717, 1.165) is 18.2 Å². The first-order valence-corrected chi connectivity index (χ1v) is 6.17. The van der Waals surface area contributed by atoms with Crippen LogP contribution in [0.25, 0.3) is 0 Å². The van der Waals surface area contributed by atoms with Crippen molar-refractivity contribution < 1.29 is 0 Å². The van der Waals surface area contributed by atoms with Crippen molar-refractivity contribution in [3.8, 4) is 0 Å². The molecule has 0 saturated heterocycles. The zero-order chi connectivity index (χ0) is 14.0. The number of nitrogens with one attached hydrogen (secondary N) is 1. The molecule has 5 nitrogen and oxygen atoms in total. The Morgan fingerprint density at radius 2 is 1.83 bits per heavy atom. The van der Waals surface area contributed by atoms with Crippen LogP contribution in [0.4, 0.5) is 11.6 Å². The maximum Gasteiger partial charge on any atom is 0.133 e. The third-order valence-corrected chi connectivity index (χ3v) is 2.19. The molecule has 0 aliphatic heterocycles.